The van der Waals surface area contributed by atoms with Crippen LogP contribution in [0, 0.1) is 11.7 Å². The van der Waals surface area contributed by atoms with Crippen molar-refractivity contribution in [3.63, 3.8) is 0 Å². The van der Waals surface area contributed by atoms with Crippen LogP contribution in [0.5, 0.6) is 0 Å². The highest BCUT2D eigenvalue weighted by atomic mass is 35.5. The second kappa shape index (κ2) is 11.5. The van der Waals surface area contributed by atoms with Crippen LogP contribution in [0.15, 0.2) is 52.1 Å². The number of hydrogen-bond donors (Lipinski definition) is 1. The van der Waals surface area contributed by atoms with Gasteiger partial charge in [-0.3, -0.25) is 9.59 Å². The third-order valence-corrected chi connectivity index (χ3v) is 12.0. The Bertz CT molecular complexity index is 1660. The van der Waals surface area contributed by atoms with E-state index in [1.807, 2.05) is 35.8 Å². The van der Waals surface area contributed by atoms with E-state index in [4.69, 9.17) is 28.2 Å². The molecule has 1 spiro atoms. The number of aromatic nitrogens is 1. The number of nitrogens with zero attached hydrogens (tertiary/aromatic N) is 5. The molecular weight excluding hydrogens is 646 g/mol. The maximum atomic E-state index is 15.0. The molecule has 1 aliphatic carbocycles. The number of halogens is 3. The van der Waals surface area contributed by atoms with Gasteiger partial charge in [0.05, 0.1) is 11.1 Å². The van der Waals surface area contributed by atoms with Gasteiger partial charge < -0.3 is 20.0 Å². The predicted octanol–water partition coefficient (Wildman–Crippen LogP) is 6.50. The Morgan fingerprint density at radius 1 is 1.11 bits per heavy atom. The lowest BCUT2D eigenvalue weighted by Gasteiger charge is -2.42. The number of nitrogens with one attached hydrogen (secondary N) is 1. The minimum Gasteiger partial charge on any atom is -0.335 e. The zero-order valence-corrected chi connectivity index (χ0v) is 29.0. The summed E-state index contributed by atoms with van der Waals surface area (Å²) in [6.07, 6.45) is 5.27. The predicted molar refractivity (Wildman–Crippen MR) is 180 cm³/mol. The van der Waals surface area contributed by atoms with Crippen LogP contribution in [0.4, 0.5) is 4.39 Å². The summed E-state index contributed by atoms with van der Waals surface area (Å²) in [5.41, 5.74) is 1.48. The second-order valence-corrected chi connectivity index (χ2v) is 15.7. The van der Waals surface area contributed by atoms with Crippen LogP contribution in [0.2, 0.25) is 10.2 Å². The molecule has 2 amide bonds. The van der Waals surface area contributed by atoms with E-state index in [1.165, 1.54) is 17.8 Å². The monoisotopic (exact) mass is 684 g/mol. The third kappa shape index (κ3) is 5.15. The van der Waals surface area contributed by atoms with Crippen molar-refractivity contribution in [1.29, 1.82) is 0 Å². The summed E-state index contributed by atoms with van der Waals surface area (Å²) < 4.78 is 15.0. The van der Waals surface area contributed by atoms with Crippen LogP contribution in [0.3, 0.4) is 0 Å². The highest BCUT2D eigenvalue weighted by Crippen LogP contribution is 2.56. The van der Waals surface area contributed by atoms with Crippen LogP contribution in [-0.4, -0.2) is 73.4 Å². The summed E-state index contributed by atoms with van der Waals surface area (Å²) in [5, 5.41) is 4.68. The zero-order valence-electron chi connectivity index (χ0n) is 26.7. The minimum atomic E-state index is -0.869. The Morgan fingerprint density at radius 3 is 2.52 bits per heavy atom. The van der Waals surface area contributed by atoms with E-state index >= 15 is 4.39 Å². The van der Waals surface area contributed by atoms with Crippen LogP contribution < -0.4 is 5.32 Å². The average molecular weight is 686 g/mol. The van der Waals surface area contributed by atoms with Crippen molar-refractivity contribution < 1.29 is 14.0 Å². The molecule has 1 saturated carbocycles. The third-order valence-electron chi connectivity index (χ3n) is 10.4. The molecule has 0 unspecified atom stereocenters. The average Bonchev–Trinajstić information content (AvgIpc) is 3.34. The van der Waals surface area contributed by atoms with Crippen LogP contribution in [-0.2, 0) is 15.1 Å². The van der Waals surface area contributed by atoms with Gasteiger partial charge in [-0.25, -0.2) is 14.4 Å². The number of allylic oxidation sites excluding steroid dienone is 1. The Kier molecular flexibility index (Phi) is 7.98. The van der Waals surface area contributed by atoms with Crippen LogP contribution in [0.25, 0.3) is 0 Å². The normalized spacial score (nSPS) is 30.0. The van der Waals surface area contributed by atoms with Gasteiger partial charge in [0.1, 0.15) is 27.5 Å². The molecule has 5 aliphatic rings. The number of piperazine rings is 1. The number of hydrogen-bond acceptors (Lipinski definition) is 7. The number of benzene rings is 1. The van der Waals surface area contributed by atoms with E-state index in [0.717, 1.165) is 37.1 Å². The number of likely N-dealkylation sites (tertiary alicyclic amines) is 1. The molecule has 244 valence electrons. The number of amidine groups is 1. The summed E-state index contributed by atoms with van der Waals surface area (Å²) in [7, 11) is 0. The van der Waals surface area contributed by atoms with Gasteiger partial charge in [-0.05, 0) is 87.9 Å². The van der Waals surface area contributed by atoms with Gasteiger partial charge >= 0.3 is 0 Å². The summed E-state index contributed by atoms with van der Waals surface area (Å²) >= 11 is 13.6. The Hall–Kier alpha value is -2.66. The highest BCUT2D eigenvalue weighted by molar-refractivity contribution is 8.18. The summed E-state index contributed by atoms with van der Waals surface area (Å²) in [4.78, 5) is 44.9. The number of carbonyl (C=O) groups excluding carboxylic acids is 2. The van der Waals surface area contributed by atoms with Gasteiger partial charge in [-0.15, -0.1) is 0 Å². The number of aliphatic imine (C=N–C) groups is 1. The molecule has 3 fully saturated rings. The number of fused-ring (bicyclic) bond motifs is 1. The molecule has 12 heteroatoms. The lowest BCUT2D eigenvalue weighted by Crippen LogP contribution is -2.62. The van der Waals surface area contributed by atoms with Crippen molar-refractivity contribution >= 4 is 51.9 Å². The topological polar surface area (TPSA) is 81.1 Å². The molecule has 7 rings (SSSR count). The van der Waals surface area contributed by atoms with Gasteiger partial charge in [0, 0.05) is 48.2 Å². The zero-order chi connectivity index (χ0) is 32.7. The molecule has 1 N–H and O–H groups in total. The molecule has 4 aliphatic heterocycles. The van der Waals surface area contributed by atoms with Crippen molar-refractivity contribution in [3.05, 3.63) is 74.3 Å². The molecule has 1 aromatic heterocycles. The number of thioether (sulfide) groups is 1. The van der Waals surface area contributed by atoms with E-state index in [2.05, 4.69) is 36.0 Å². The molecule has 5 atom stereocenters. The largest absolute Gasteiger partial charge is 0.335 e. The van der Waals surface area contributed by atoms with E-state index in [-0.39, 0.29) is 40.4 Å². The smallest absolute Gasteiger partial charge is 0.263 e. The maximum Gasteiger partial charge on any atom is 0.263 e. The molecule has 0 radical (unpaired) electrons. The Balaban J connectivity index is 1.27. The Labute approximate surface area is 283 Å². The van der Waals surface area contributed by atoms with Gasteiger partial charge in [0.15, 0.2) is 5.17 Å². The van der Waals surface area contributed by atoms with Crippen molar-refractivity contribution in [2.75, 3.05) is 13.1 Å². The molecule has 8 nitrogen and oxygen atoms in total. The number of pyridine rings is 1. The van der Waals surface area contributed by atoms with Crippen molar-refractivity contribution in [1.82, 2.24) is 25.0 Å². The second-order valence-electron chi connectivity index (χ2n) is 14.0. The van der Waals surface area contributed by atoms with Gasteiger partial charge in [-0.1, -0.05) is 49.2 Å². The summed E-state index contributed by atoms with van der Waals surface area (Å²) in [6.45, 7) is 11.7. The quantitative estimate of drug-likeness (QED) is 0.362. The van der Waals surface area contributed by atoms with E-state index in [1.54, 1.807) is 18.3 Å². The maximum absolute atomic E-state index is 15.0. The van der Waals surface area contributed by atoms with Gasteiger partial charge in [0.25, 0.3) is 5.91 Å². The first-order chi connectivity index (χ1) is 21.8. The molecule has 2 aromatic rings. The fourth-order valence-corrected chi connectivity index (χ4v) is 9.24. The van der Waals surface area contributed by atoms with Crippen molar-refractivity contribution in [3.8, 4) is 0 Å². The Morgan fingerprint density at radius 2 is 1.87 bits per heavy atom. The van der Waals surface area contributed by atoms with Crippen molar-refractivity contribution in [2.45, 2.75) is 95.5 Å². The molecule has 46 heavy (non-hydrogen) atoms. The standard InChI is InChI=1S/C34H39Cl2FN6O2S/c1-18(2)27-28(31(45)42-19(3)6-10-25(42)30(44)41-17-34(12-13-34)39-15-20(41)4)46-32-40-33(5,22-8-11-26(36)38-16-22)29(43(27)32)21-7-9-23(35)24(37)14-21/h7-9,11,14,16,18-20,25,29,39H,6,10,12-13,15,17H2,1-5H3/t19-,20-,25-,29-,33+/m1/s1. The molecule has 0 bridgehead atoms. The van der Waals surface area contributed by atoms with Crippen LogP contribution >= 0.6 is 35.0 Å². The van der Waals surface area contributed by atoms with Crippen molar-refractivity contribution in [2.24, 2.45) is 10.9 Å². The lowest BCUT2D eigenvalue weighted by atomic mass is 9.81. The SMILES string of the molecule is CC(C)C1=C(C(=O)N2[C@H](C)CC[C@@H]2C(=O)N2CC3(CC3)NC[C@H]2C)SC2=N[C@@](C)(c3ccc(Cl)nc3)[C@@H](c3ccc(Cl)c(F)c3)N21. The fraction of sp³-hybridized carbons (Fsp3) is 0.529. The van der Waals surface area contributed by atoms with E-state index < -0.39 is 23.4 Å². The van der Waals surface area contributed by atoms with Gasteiger partial charge in [0.2, 0.25) is 5.91 Å². The number of carbonyl (C=O) groups is 2. The van der Waals surface area contributed by atoms with Gasteiger partial charge in [-0.2, -0.15) is 0 Å². The van der Waals surface area contributed by atoms with E-state index in [0.29, 0.717) is 33.8 Å². The first-order valence-corrected chi connectivity index (χ1v) is 17.7. The molecule has 5 heterocycles. The highest BCUT2D eigenvalue weighted by Gasteiger charge is 2.55. The minimum absolute atomic E-state index is 0.0363. The first-order valence-electron chi connectivity index (χ1n) is 16.1. The van der Waals surface area contributed by atoms with E-state index in [9.17, 15) is 9.59 Å². The number of rotatable bonds is 5. The lowest BCUT2D eigenvalue weighted by molar-refractivity contribution is -0.145. The summed E-state index contributed by atoms with van der Waals surface area (Å²) in [6, 6.07) is 7.43. The van der Waals surface area contributed by atoms with Crippen LogP contribution in [0.1, 0.15) is 77.5 Å². The molecule has 1 aromatic carbocycles. The molecule has 2 saturated heterocycles. The summed E-state index contributed by atoms with van der Waals surface area (Å²) in [5.74, 6) is -0.693. The fourth-order valence-electron chi connectivity index (χ4n) is 7.66. The molecular formula is C34H39Cl2FN6O2S. The number of amides is 2. The first kappa shape index (κ1) is 31.9.